The Balaban J connectivity index is 1.67. The second-order valence-electron chi connectivity index (χ2n) is 7.90. The molecule has 2 aromatic rings. The van der Waals surface area contributed by atoms with Gasteiger partial charge >= 0.3 is 0 Å². The molecule has 1 aromatic heterocycles. The smallest absolute Gasteiger partial charge is 0.185 e. The van der Waals surface area contributed by atoms with Crippen LogP contribution in [0.1, 0.15) is 40.2 Å². The van der Waals surface area contributed by atoms with E-state index < -0.39 is 5.54 Å². The summed E-state index contributed by atoms with van der Waals surface area (Å²) in [5, 5.41) is 13.0. The molecule has 0 radical (unpaired) electrons. The zero-order valence-electron chi connectivity index (χ0n) is 15.1. The highest BCUT2D eigenvalue weighted by molar-refractivity contribution is 6.05. The number of carbonyl (C=O) groups is 1. The predicted molar refractivity (Wildman–Crippen MR) is 101 cm³/mol. The fourth-order valence-corrected chi connectivity index (χ4v) is 5.68. The van der Waals surface area contributed by atoms with E-state index in [1.165, 1.54) is 0 Å². The van der Waals surface area contributed by atoms with Gasteiger partial charge < -0.3 is 5.32 Å². The minimum Gasteiger partial charge on any atom is -0.311 e. The van der Waals surface area contributed by atoms with Gasteiger partial charge in [0.2, 0.25) is 0 Å². The maximum absolute atomic E-state index is 14.0. The Hall–Kier alpha value is -2.55. The first kappa shape index (κ1) is 16.6. The van der Waals surface area contributed by atoms with Crippen LogP contribution in [0.5, 0.6) is 0 Å². The van der Waals surface area contributed by atoms with Crippen molar-refractivity contribution in [2.24, 2.45) is 5.92 Å². The zero-order valence-corrected chi connectivity index (χ0v) is 15.1. The van der Waals surface area contributed by atoms with Crippen LogP contribution in [0.25, 0.3) is 0 Å². The average Bonchev–Trinajstić information content (AvgIpc) is 3.18. The van der Waals surface area contributed by atoms with Crippen LogP contribution >= 0.6 is 0 Å². The summed E-state index contributed by atoms with van der Waals surface area (Å²) in [7, 11) is 0. The molecule has 27 heavy (non-hydrogen) atoms. The number of pyridine rings is 1. The Kier molecular flexibility index (Phi) is 3.85. The van der Waals surface area contributed by atoms with E-state index in [4.69, 9.17) is 0 Å². The largest absolute Gasteiger partial charge is 0.311 e. The van der Waals surface area contributed by atoms with Gasteiger partial charge in [-0.05, 0) is 55.6 Å². The molecule has 136 valence electrons. The molecule has 5 heterocycles. The van der Waals surface area contributed by atoms with E-state index in [0.717, 1.165) is 38.0 Å². The number of nitrogens with one attached hydrogen (secondary N) is 1. The molecule has 0 amide bonds. The van der Waals surface area contributed by atoms with Crippen molar-refractivity contribution in [1.82, 2.24) is 15.2 Å². The van der Waals surface area contributed by atoms with Crippen LogP contribution in [0.4, 0.5) is 0 Å². The minimum absolute atomic E-state index is 0.0672. The maximum Gasteiger partial charge on any atom is 0.185 e. The van der Waals surface area contributed by atoms with Gasteiger partial charge in [0.1, 0.15) is 5.54 Å². The van der Waals surface area contributed by atoms with Crippen molar-refractivity contribution >= 4 is 5.78 Å². The normalized spacial score (nSPS) is 34.0. The quantitative estimate of drug-likeness (QED) is 0.853. The average molecular weight is 358 g/mol. The van der Waals surface area contributed by atoms with Gasteiger partial charge in [-0.15, -0.1) is 0 Å². The number of benzene rings is 1. The Morgan fingerprint density at radius 1 is 1.26 bits per heavy atom. The van der Waals surface area contributed by atoms with Gasteiger partial charge in [0, 0.05) is 36.5 Å². The summed E-state index contributed by atoms with van der Waals surface area (Å²) in [5.74, 6) is 0.741. The summed E-state index contributed by atoms with van der Waals surface area (Å²) in [6.45, 7) is 2.71. The third kappa shape index (κ3) is 2.30. The molecule has 1 N–H and O–H groups in total. The maximum atomic E-state index is 14.0. The molecule has 4 aliphatic rings. The SMILES string of the molecule is N#Cc1cccc(C(=O)C23C(c4cccnc4)CNC2C2CCN3CC2)c1. The number of fused-ring (bicyclic) bond motifs is 2. The number of hydrogen-bond donors (Lipinski definition) is 1. The van der Waals surface area contributed by atoms with Crippen LogP contribution in [0.3, 0.4) is 0 Å². The lowest BCUT2D eigenvalue weighted by molar-refractivity contribution is -0.0313. The van der Waals surface area contributed by atoms with Crippen LogP contribution in [-0.4, -0.2) is 46.9 Å². The van der Waals surface area contributed by atoms with E-state index in [-0.39, 0.29) is 17.7 Å². The molecular formula is C22H22N4O. The molecule has 0 aliphatic carbocycles. The third-order valence-electron chi connectivity index (χ3n) is 6.79. The molecule has 0 saturated carbocycles. The van der Waals surface area contributed by atoms with Crippen LogP contribution < -0.4 is 5.32 Å². The highest BCUT2D eigenvalue weighted by Crippen LogP contribution is 2.51. The summed E-state index contributed by atoms with van der Waals surface area (Å²) < 4.78 is 0. The number of Topliss-reactive ketones (excluding diaryl/α,β-unsaturated/α-hetero) is 1. The van der Waals surface area contributed by atoms with E-state index in [1.54, 1.807) is 18.3 Å². The summed E-state index contributed by atoms with van der Waals surface area (Å²) in [4.78, 5) is 20.8. The first-order chi connectivity index (χ1) is 13.2. The van der Waals surface area contributed by atoms with Crippen molar-refractivity contribution in [3.63, 3.8) is 0 Å². The molecule has 5 heteroatoms. The molecule has 5 nitrogen and oxygen atoms in total. The van der Waals surface area contributed by atoms with E-state index >= 15 is 0 Å². The molecule has 4 aliphatic heterocycles. The Morgan fingerprint density at radius 2 is 2.11 bits per heavy atom. The number of ketones is 1. The fourth-order valence-electron chi connectivity index (χ4n) is 5.68. The van der Waals surface area contributed by atoms with Crippen LogP contribution in [0.2, 0.25) is 0 Å². The van der Waals surface area contributed by atoms with Crippen molar-refractivity contribution in [3.05, 3.63) is 65.5 Å². The first-order valence-electron chi connectivity index (χ1n) is 9.68. The highest BCUT2D eigenvalue weighted by atomic mass is 16.1. The monoisotopic (exact) mass is 358 g/mol. The van der Waals surface area contributed by atoms with E-state index in [1.807, 2.05) is 24.4 Å². The van der Waals surface area contributed by atoms with Crippen molar-refractivity contribution in [2.75, 3.05) is 19.6 Å². The Labute approximate surface area is 159 Å². The molecule has 6 rings (SSSR count). The molecular weight excluding hydrogens is 336 g/mol. The van der Waals surface area contributed by atoms with Gasteiger partial charge in [0.15, 0.2) is 5.78 Å². The molecule has 2 bridgehead atoms. The molecule has 1 aromatic carbocycles. The number of aromatic nitrogens is 1. The molecule has 0 spiro atoms. The van der Waals surface area contributed by atoms with Gasteiger partial charge in [-0.1, -0.05) is 18.2 Å². The van der Waals surface area contributed by atoms with Crippen molar-refractivity contribution in [3.8, 4) is 6.07 Å². The van der Waals surface area contributed by atoms with E-state index in [2.05, 4.69) is 27.3 Å². The van der Waals surface area contributed by atoms with Crippen LogP contribution in [0.15, 0.2) is 48.8 Å². The Morgan fingerprint density at radius 3 is 2.85 bits per heavy atom. The highest BCUT2D eigenvalue weighted by Gasteiger charge is 2.64. The second kappa shape index (κ2) is 6.26. The van der Waals surface area contributed by atoms with Gasteiger partial charge in [0.25, 0.3) is 0 Å². The molecule has 4 saturated heterocycles. The topological polar surface area (TPSA) is 69.0 Å². The standard InChI is InChI=1S/C22H22N4O/c23-12-15-3-1-4-17(11-15)21(27)22-19(18-5-2-8-24-13-18)14-25-20(22)16-6-9-26(22)10-7-16/h1-5,8,11,13,16,19-20,25H,6-7,9-10,14H2. The number of nitrogens with zero attached hydrogens (tertiary/aromatic N) is 3. The number of rotatable bonds is 3. The summed E-state index contributed by atoms with van der Waals surface area (Å²) >= 11 is 0. The molecule has 3 unspecified atom stereocenters. The number of hydrogen-bond acceptors (Lipinski definition) is 5. The lowest BCUT2D eigenvalue weighted by atomic mass is 9.63. The second-order valence-corrected chi connectivity index (χ2v) is 7.90. The molecule has 4 fully saturated rings. The first-order valence-corrected chi connectivity index (χ1v) is 9.68. The summed E-state index contributed by atoms with van der Waals surface area (Å²) in [6.07, 6.45) is 5.97. The lowest BCUT2D eigenvalue weighted by Crippen LogP contribution is -2.72. The van der Waals surface area contributed by atoms with Crippen molar-refractivity contribution in [1.29, 1.82) is 5.26 Å². The molecule has 3 atom stereocenters. The third-order valence-corrected chi connectivity index (χ3v) is 6.79. The Bertz CT molecular complexity index is 913. The van der Waals surface area contributed by atoms with E-state index in [9.17, 15) is 10.1 Å². The van der Waals surface area contributed by atoms with E-state index in [0.29, 0.717) is 17.0 Å². The lowest BCUT2D eigenvalue weighted by Gasteiger charge is -2.57. The summed E-state index contributed by atoms with van der Waals surface area (Å²) in [6, 6.07) is 13.5. The van der Waals surface area contributed by atoms with Crippen molar-refractivity contribution in [2.45, 2.75) is 30.3 Å². The predicted octanol–water partition coefficient (Wildman–Crippen LogP) is 2.36. The van der Waals surface area contributed by atoms with Gasteiger partial charge in [-0.25, -0.2) is 0 Å². The fraction of sp³-hybridized carbons (Fsp3) is 0.409. The number of piperidine rings is 3. The van der Waals surface area contributed by atoms with Gasteiger partial charge in [-0.2, -0.15) is 5.26 Å². The minimum atomic E-state index is -0.585. The van der Waals surface area contributed by atoms with Crippen molar-refractivity contribution < 1.29 is 4.79 Å². The van der Waals surface area contributed by atoms with Gasteiger partial charge in [0.05, 0.1) is 11.6 Å². The zero-order chi connectivity index (χ0) is 18.4. The summed E-state index contributed by atoms with van der Waals surface area (Å²) in [5.41, 5.74) is 1.71. The van der Waals surface area contributed by atoms with Gasteiger partial charge in [-0.3, -0.25) is 14.7 Å². The number of carbonyl (C=O) groups excluding carboxylic acids is 1. The number of nitriles is 1. The van der Waals surface area contributed by atoms with Crippen LogP contribution in [-0.2, 0) is 0 Å². The van der Waals surface area contributed by atoms with Crippen LogP contribution in [0, 0.1) is 17.2 Å².